The van der Waals surface area contributed by atoms with Crippen molar-refractivity contribution in [2.45, 2.75) is 32.9 Å². The van der Waals surface area contributed by atoms with E-state index < -0.39 is 0 Å². The summed E-state index contributed by atoms with van der Waals surface area (Å²) in [7, 11) is 0. The zero-order chi connectivity index (χ0) is 13.8. The number of nitrogens with two attached hydrogens (primary N) is 1. The number of hydrogen-bond acceptors (Lipinski definition) is 3. The van der Waals surface area contributed by atoms with Gasteiger partial charge in [0.05, 0.1) is 5.69 Å². The number of benzene rings is 1. The molecule has 1 atom stereocenters. The Balaban J connectivity index is 2.60. The van der Waals surface area contributed by atoms with Crippen LogP contribution in [0.25, 0.3) is 11.3 Å². The van der Waals surface area contributed by atoms with E-state index in [-0.39, 0.29) is 11.6 Å². The number of aromatic nitrogens is 2. The molecule has 0 aliphatic heterocycles. The first-order chi connectivity index (χ1) is 9.13. The van der Waals surface area contributed by atoms with Crippen molar-refractivity contribution >= 4 is 0 Å². The molecule has 1 heterocycles. The van der Waals surface area contributed by atoms with Crippen molar-refractivity contribution in [1.29, 1.82) is 0 Å². The fourth-order valence-corrected chi connectivity index (χ4v) is 2.00. The lowest BCUT2D eigenvalue weighted by Gasteiger charge is -2.12. The topological polar surface area (TPSA) is 60.9 Å². The van der Waals surface area contributed by atoms with Crippen molar-refractivity contribution in [1.82, 2.24) is 9.78 Å². The number of rotatable bonds is 4. The summed E-state index contributed by atoms with van der Waals surface area (Å²) >= 11 is 0. The van der Waals surface area contributed by atoms with Gasteiger partial charge in [0, 0.05) is 23.7 Å². The molecule has 1 aromatic heterocycles. The van der Waals surface area contributed by atoms with Gasteiger partial charge in [-0.1, -0.05) is 37.3 Å². The van der Waals surface area contributed by atoms with E-state index in [0.29, 0.717) is 12.1 Å². The Bertz CT molecular complexity index is 603. The van der Waals surface area contributed by atoms with Gasteiger partial charge in [-0.05, 0) is 19.4 Å². The Hall–Kier alpha value is -1.94. The Kier molecular flexibility index (Phi) is 4.12. The highest BCUT2D eigenvalue weighted by Gasteiger charge is 2.12. The zero-order valence-corrected chi connectivity index (χ0v) is 11.3. The van der Waals surface area contributed by atoms with Gasteiger partial charge in [-0.15, -0.1) is 0 Å². The van der Waals surface area contributed by atoms with Crippen molar-refractivity contribution in [3.05, 3.63) is 52.3 Å². The summed E-state index contributed by atoms with van der Waals surface area (Å²) in [4.78, 5) is 12.2. The van der Waals surface area contributed by atoms with E-state index in [2.05, 4.69) is 5.10 Å². The van der Waals surface area contributed by atoms with Gasteiger partial charge in [-0.25, -0.2) is 4.68 Å². The predicted molar refractivity (Wildman–Crippen MR) is 76.8 cm³/mol. The van der Waals surface area contributed by atoms with Gasteiger partial charge in [-0.3, -0.25) is 4.79 Å². The second-order valence-corrected chi connectivity index (χ2v) is 4.67. The van der Waals surface area contributed by atoms with Crippen molar-refractivity contribution in [2.75, 3.05) is 0 Å². The molecule has 1 aromatic carbocycles. The molecule has 0 saturated carbocycles. The monoisotopic (exact) mass is 257 g/mol. The van der Waals surface area contributed by atoms with Crippen LogP contribution in [0.5, 0.6) is 0 Å². The maximum absolute atomic E-state index is 12.2. The highest BCUT2D eigenvalue weighted by Crippen LogP contribution is 2.17. The molecule has 2 aromatic rings. The Labute approximate surface area is 112 Å². The molecule has 1 unspecified atom stereocenters. The van der Waals surface area contributed by atoms with Crippen LogP contribution < -0.4 is 11.3 Å². The molecule has 19 heavy (non-hydrogen) atoms. The SMILES string of the molecule is CCCn1nc(-c2ccccc2)cc(C(C)N)c1=O. The molecule has 0 saturated heterocycles. The lowest BCUT2D eigenvalue weighted by molar-refractivity contribution is 0.559. The standard InChI is InChI=1S/C15H19N3O/c1-3-9-18-15(19)13(11(2)16)10-14(17-18)12-7-5-4-6-8-12/h4-8,10-11H,3,9,16H2,1-2H3. The first-order valence-electron chi connectivity index (χ1n) is 6.56. The smallest absolute Gasteiger partial charge is 0.271 e. The molecular formula is C15H19N3O. The third-order valence-corrected chi connectivity index (χ3v) is 3.00. The molecule has 0 radical (unpaired) electrons. The Morgan fingerprint density at radius 1 is 1.32 bits per heavy atom. The van der Waals surface area contributed by atoms with E-state index >= 15 is 0 Å². The van der Waals surface area contributed by atoms with Gasteiger partial charge >= 0.3 is 0 Å². The summed E-state index contributed by atoms with van der Waals surface area (Å²) < 4.78 is 1.51. The van der Waals surface area contributed by atoms with E-state index in [1.807, 2.05) is 44.2 Å². The molecule has 4 nitrogen and oxygen atoms in total. The van der Waals surface area contributed by atoms with Crippen LogP contribution >= 0.6 is 0 Å². The van der Waals surface area contributed by atoms with Crippen molar-refractivity contribution in [2.24, 2.45) is 5.73 Å². The highest BCUT2D eigenvalue weighted by molar-refractivity contribution is 5.58. The summed E-state index contributed by atoms with van der Waals surface area (Å²) in [5.74, 6) is 0. The largest absolute Gasteiger partial charge is 0.324 e. The van der Waals surface area contributed by atoms with Gasteiger partial charge in [0.15, 0.2) is 0 Å². The fourth-order valence-electron chi connectivity index (χ4n) is 2.00. The average molecular weight is 257 g/mol. The van der Waals surface area contributed by atoms with Crippen molar-refractivity contribution in [3.8, 4) is 11.3 Å². The van der Waals surface area contributed by atoms with Crippen LogP contribution in [-0.2, 0) is 6.54 Å². The molecule has 100 valence electrons. The number of hydrogen-bond donors (Lipinski definition) is 1. The lowest BCUT2D eigenvalue weighted by atomic mass is 10.1. The summed E-state index contributed by atoms with van der Waals surface area (Å²) in [6, 6.07) is 11.3. The van der Waals surface area contributed by atoms with Gasteiger partial charge in [0.1, 0.15) is 0 Å². The minimum Gasteiger partial charge on any atom is -0.324 e. The Morgan fingerprint density at radius 3 is 2.58 bits per heavy atom. The number of aryl methyl sites for hydroxylation is 1. The van der Waals surface area contributed by atoms with E-state index in [9.17, 15) is 4.79 Å². The predicted octanol–water partition coefficient (Wildman–Crippen LogP) is 2.34. The average Bonchev–Trinajstić information content (AvgIpc) is 2.42. The molecule has 0 amide bonds. The molecule has 0 aliphatic carbocycles. The van der Waals surface area contributed by atoms with Gasteiger partial charge in [0.2, 0.25) is 0 Å². The summed E-state index contributed by atoms with van der Waals surface area (Å²) in [5, 5.41) is 4.42. The first-order valence-corrected chi connectivity index (χ1v) is 6.56. The summed E-state index contributed by atoms with van der Waals surface area (Å²) in [6.45, 7) is 4.45. The van der Waals surface area contributed by atoms with E-state index in [1.165, 1.54) is 4.68 Å². The maximum Gasteiger partial charge on any atom is 0.271 e. The van der Waals surface area contributed by atoms with Gasteiger partial charge in [-0.2, -0.15) is 5.10 Å². The Morgan fingerprint density at radius 2 is 2.00 bits per heavy atom. The fraction of sp³-hybridized carbons (Fsp3) is 0.333. The molecule has 2 rings (SSSR count). The third-order valence-electron chi connectivity index (χ3n) is 3.00. The molecule has 0 spiro atoms. The van der Waals surface area contributed by atoms with Gasteiger partial charge in [0.25, 0.3) is 5.56 Å². The van der Waals surface area contributed by atoms with Crippen molar-refractivity contribution in [3.63, 3.8) is 0 Å². The maximum atomic E-state index is 12.2. The normalized spacial score (nSPS) is 12.4. The van der Waals surface area contributed by atoms with E-state index in [1.54, 1.807) is 6.07 Å². The van der Waals surface area contributed by atoms with E-state index in [0.717, 1.165) is 17.7 Å². The number of nitrogens with zero attached hydrogens (tertiary/aromatic N) is 2. The second-order valence-electron chi connectivity index (χ2n) is 4.67. The van der Waals surface area contributed by atoms with Crippen LogP contribution in [0.3, 0.4) is 0 Å². The molecule has 0 aliphatic rings. The van der Waals surface area contributed by atoms with Gasteiger partial charge < -0.3 is 5.73 Å². The second kappa shape index (κ2) is 5.80. The quantitative estimate of drug-likeness (QED) is 0.914. The van der Waals surface area contributed by atoms with Crippen LogP contribution in [0.1, 0.15) is 31.9 Å². The highest BCUT2D eigenvalue weighted by atomic mass is 16.1. The molecule has 0 bridgehead atoms. The van der Waals surface area contributed by atoms with Crippen molar-refractivity contribution < 1.29 is 0 Å². The third kappa shape index (κ3) is 2.90. The summed E-state index contributed by atoms with van der Waals surface area (Å²) in [5.41, 5.74) is 8.20. The molecule has 4 heteroatoms. The minimum absolute atomic E-state index is 0.0865. The van der Waals surface area contributed by atoms with Crippen LogP contribution in [0.15, 0.2) is 41.2 Å². The minimum atomic E-state index is -0.291. The first kappa shape index (κ1) is 13.5. The molecule has 2 N–H and O–H groups in total. The molecular weight excluding hydrogens is 238 g/mol. The zero-order valence-electron chi connectivity index (χ0n) is 11.3. The lowest BCUT2D eigenvalue weighted by Crippen LogP contribution is -2.29. The van der Waals surface area contributed by atoms with Crippen LogP contribution in [0.2, 0.25) is 0 Å². The molecule has 0 fully saturated rings. The summed E-state index contributed by atoms with van der Waals surface area (Å²) in [6.07, 6.45) is 0.865. The van der Waals surface area contributed by atoms with E-state index in [4.69, 9.17) is 5.73 Å². The van der Waals surface area contributed by atoms with Crippen LogP contribution in [0.4, 0.5) is 0 Å². The van der Waals surface area contributed by atoms with Crippen LogP contribution in [0, 0.1) is 0 Å². The van der Waals surface area contributed by atoms with Crippen LogP contribution in [-0.4, -0.2) is 9.78 Å².